The molecule has 1 spiro atoms. The average Bonchev–Trinajstić information content (AvgIpc) is 3.66. The number of alkyl halides is 1. The normalized spacial score (nSPS) is 26.1. The van der Waals surface area contributed by atoms with Crippen molar-refractivity contribution in [3.8, 4) is 5.75 Å². The molecule has 0 aromatic heterocycles. The molecule has 8 nitrogen and oxygen atoms in total. The second-order valence-corrected chi connectivity index (χ2v) is 15.0. The average molecular weight is 711 g/mol. The smallest absolute Gasteiger partial charge is 0.251 e. The van der Waals surface area contributed by atoms with Gasteiger partial charge in [0.1, 0.15) is 11.8 Å². The van der Waals surface area contributed by atoms with Crippen molar-refractivity contribution >= 4 is 51.1 Å². The quantitative estimate of drug-likeness (QED) is 0.142. The summed E-state index contributed by atoms with van der Waals surface area (Å²) in [6.45, 7) is 9.44. The molecule has 2 bridgehead atoms. The maximum absolute atomic E-state index is 14.9. The van der Waals surface area contributed by atoms with Crippen molar-refractivity contribution in [1.82, 2.24) is 9.80 Å². The van der Waals surface area contributed by atoms with E-state index in [0.29, 0.717) is 50.3 Å². The fourth-order valence-electron chi connectivity index (χ4n) is 7.44. The van der Waals surface area contributed by atoms with E-state index in [1.807, 2.05) is 54.6 Å². The standard InChI is InChI=1S/C36H44BrN3O5S/c1-4-19-38(24-25-13-9-8-10-14-25)33(42)29-30-34(43)40(21-11-6-7-12-22-41)32(36(30)23-28(37)31(29)46-36)35(44)39(20-5-2)26-15-17-27(45-3)18-16-26/h4-5,8-10,13-18,28-32,41H,1-2,6-7,11-12,19-24H2,3H3/t28?,29-,30-,31-,32?,36?/m0/s1. The number of carbonyl (C=O) groups is 3. The lowest BCUT2D eigenvalue weighted by Gasteiger charge is -2.38. The number of hydrogen-bond donors (Lipinski definition) is 1. The van der Waals surface area contributed by atoms with Gasteiger partial charge in [-0.2, -0.15) is 0 Å². The van der Waals surface area contributed by atoms with Crippen molar-refractivity contribution in [2.24, 2.45) is 11.8 Å². The highest BCUT2D eigenvalue weighted by Gasteiger charge is 2.76. The SMILES string of the molecule is C=CCN(Cc1ccccc1)C(=O)[C@H]1[C@H]2C(=O)N(CCCCCCO)C(C(=O)N(CC=C)c3ccc(OC)cc3)C23CC(Br)[C@@H]1S3. The minimum atomic E-state index is -0.753. The highest BCUT2D eigenvalue weighted by Crippen LogP contribution is 2.68. The molecule has 3 aliphatic heterocycles. The molecule has 0 aliphatic carbocycles. The first kappa shape index (κ1) is 34.3. The lowest BCUT2D eigenvalue weighted by atomic mass is 9.70. The van der Waals surface area contributed by atoms with E-state index in [1.54, 1.807) is 45.7 Å². The fraction of sp³-hybridized carbons (Fsp3) is 0.472. The molecule has 3 fully saturated rings. The summed E-state index contributed by atoms with van der Waals surface area (Å²) in [6, 6.07) is 16.4. The predicted octanol–water partition coefficient (Wildman–Crippen LogP) is 5.45. The molecular formula is C36H44BrN3O5S. The molecule has 5 rings (SSSR count). The molecule has 2 aromatic carbocycles. The van der Waals surface area contributed by atoms with Gasteiger partial charge in [-0.05, 0) is 49.1 Å². The number of thioether (sulfide) groups is 1. The molecule has 0 saturated carbocycles. The Labute approximate surface area is 285 Å². The highest BCUT2D eigenvalue weighted by molar-refractivity contribution is 9.09. The van der Waals surface area contributed by atoms with Crippen LogP contribution in [0.25, 0.3) is 0 Å². The Hall–Kier alpha value is -3.08. The van der Waals surface area contributed by atoms with Crippen LogP contribution in [0, 0.1) is 11.8 Å². The summed E-state index contributed by atoms with van der Waals surface area (Å²) in [5.74, 6) is -0.839. The van der Waals surface area contributed by atoms with Gasteiger partial charge in [-0.25, -0.2) is 0 Å². The zero-order chi connectivity index (χ0) is 32.8. The predicted molar refractivity (Wildman–Crippen MR) is 187 cm³/mol. The number of nitrogens with zero attached hydrogens (tertiary/aromatic N) is 3. The van der Waals surface area contributed by atoms with E-state index in [-0.39, 0.29) is 41.0 Å². The van der Waals surface area contributed by atoms with Gasteiger partial charge in [0, 0.05) is 48.6 Å². The zero-order valence-corrected chi connectivity index (χ0v) is 28.8. The number of aliphatic hydroxyl groups excluding tert-OH is 1. The van der Waals surface area contributed by atoms with Crippen LogP contribution < -0.4 is 9.64 Å². The summed E-state index contributed by atoms with van der Waals surface area (Å²) in [7, 11) is 1.60. The van der Waals surface area contributed by atoms with Crippen molar-refractivity contribution in [1.29, 1.82) is 0 Å². The molecule has 2 aromatic rings. The van der Waals surface area contributed by atoms with Gasteiger partial charge in [-0.1, -0.05) is 71.3 Å². The molecule has 0 radical (unpaired) electrons. The molecule has 1 N–H and O–H groups in total. The van der Waals surface area contributed by atoms with Crippen molar-refractivity contribution in [3.63, 3.8) is 0 Å². The van der Waals surface area contributed by atoms with Gasteiger partial charge in [0.25, 0.3) is 5.91 Å². The van der Waals surface area contributed by atoms with Crippen LogP contribution in [-0.2, 0) is 20.9 Å². The number of halogens is 1. The largest absolute Gasteiger partial charge is 0.497 e. The summed E-state index contributed by atoms with van der Waals surface area (Å²) in [5.41, 5.74) is 1.70. The molecule has 3 unspecified atom stereocenters. The number of hydrogen-bond acceptors (Lipinski definition) is 6. The van der Waals surface area contributed by atoms with Gasteiger partial charge in [-0.3, -0.25) is 14.4 Å². The highest BCUT2D eigenvalue weighted by atomic mass is 79.9. The number of fused-ring (bicyclic) bond motifs is 1. The Balaban J connectivity index is 1.52. The summed E-state index contributed by atoms with van der Waals surface area (Å²) in [4.78, 5) is 49.2. The van der Waals surface area contributed by atoms with E-state index < -0.39 is 22.6 Å². The van der Waals surface area contributed by atoms with Gasteiger partial charge in [-0.15, -0.1) is 24.9 Å². The number of aliphatic hydroxyl groups is 1. The Morgan fingerprint density at radius 3 is 2.39 bits per heavy atom. The monoisotopic (exact) mass is 709 g/mol. The number of ether oxygens (including phenoxy) is 1. The second-order valence-electron chi connectivity index (χ2n) is 12.3. The molecule has 6 atom stereocenters. The molecule has 3 amide bonds. The molecule has 3 aliphatic rings. The van der Waals surface area contributed by atoms with Crippen LogP contribution in [-0.4, -0.2) is 86.8 Å². The summed E-state index contributed by atoms with van der Waals surface area (Å²) < 4.78 is 4.59. The number of benzene rings is 2. The summed E-state index contributed by atoms with van der Waals surface area (Å²) in [5, 5.41) is 9.13. The molecule has 46 heavy (non-hydrogen) atoms. The van der Waals surface area contributed by atoms with Crippen molar-refractivity contribution in [2.45, 2.75) is 59.5 Å². The molecule has 10 heteroatoms. The maximum Gasteiger partial charge on any atom is 0.251 e. The minimum Gasteiger partial charge on any atom is -0.497 e. The number of carbonyl (C=O) groups excluding carboxylic acids is 3. The first-order valence-electron chi connectivity index (χ1n) is 16.0. The number of rotatable bonds is 16. The van der Waals surface area contributed by atoms with Crippen molar-refractivity contribution in [2.75, 3.05) is 38.3 Å². The number of likely N-dealkylation sites (tertiary alicyclic amines) is 1. The Morgan fingerprint density at radius 2 is 1.74 bits per heavy atom. The van der Waals surface area contributed by atoms with Gasteiger partial charge >= 0.3 is 0 Å². The van der Waals surface area contributed by atoms with Crippen LogP contribution in [0.1, 0.15) is 37.7 Å². The lowest BCUT2D eigenvalue weighted by Crippen LogP contribution is -2.56. The molecule has 246 valence electrons. The Bertz CT molecular complexity index is 1410. The first-order valence-corrected chi connectivity index (χ1v) is 17.8. The Morgan fingerprint density at radius 1 is 1.04 bits per heavy atom. The van der Waals surface area contributed by atoms with Crippen LogP contribution >= 0.6 is 27.7 Å². The van der Waals surface area contributed by atoms with Crippen LogP contribution in [0.5, 0.6) is 5.75 Å². The number of anilines is 1. The van der Waals surface area contributed by atoms with Crippen LogP contribution in [0.2, 0.25) is 0 Å². The van der Waals surface area contributed by atoms with Gasteiger partial charge in [0.2, 0.25) is 11.8 Å². The number of methoxy groups -OCH3 is 1. The second kappa shape index (κ2) is 15.2. The van der Waals surface area contributed by atoms with E-state index in [2.05, 4.69) is 29.1 Å². The summed E-state index contributed by atoms with van der Waals surface area (Å²) >= 11 is 5.55. The first-order chi connectivity index (χ1) is 22.3. The fourth-order valence-corrected chi connectivity index (χ4v) is 11.0. The maximum atomic E-state index is 14.9. The molecule has 3 heterocycles. The molecular weight excluding hydrogens is 666 g/mol. The van der Waals surface area contributed by atoms with Gasteiger partial charge in [0.15, 0.2) is 0 Å². The number of unbranched alkanes of at least 4 members (excludes halogenated alkanes) is 3. The van der Waals surface area contributed by atoms with Crippen LogP contribution in [0.4, 0.5) is 5.69 Å². The minimum absolute atomic E-state index is 0.0218. The van der Waals surface area contributed by atoms with Crippen molar-refractivity contribution < 1.29 is 24.2 Å². The Kier molecular flexibility index (Phi) is 11.3. The van der Waals surface area contributed by atoms with Gasteiger partial charge < -0.3 is 24.5 Å². The van der Waals surface area contributed by atoms with Gasteiger partial charge in [0.05, 0.1) is 23.7 Å². The van der Waals surface area contributed by atoms with E-state index in [4.69, 9.17) is 4.74 Å². The summed E-state index contributed by atoms with van der Waals surface area (Å²) in [6.07, 6.45) is 7.13. The van der Waals surface area contributed by atoms with E-state index in [0.717, 1.165) is 18.4 Å². The lowest BCUT2D eigenvalue weighted by molar-refractivity contribution is -0.144. The van der Waals surface area contributed by atoms with Crippen LogP contribution in [0.3, 0.4) is 0 Å². The van der Waals surface area contributed by atoms with Crippen molar-refractivity contribution in [3.05, 3.63) is 85.5 Å². The van der Waals surface area contributed by atoms with E-state index in [1.165, 1.54) is 0 Å². The topological polar surface area (TPSA) is 90.4 Å². The third-order valence-corrected chi connectivity index (χ3v) is 12.7. The zero-order valence-electron chi connectivity index (χ0n) is 26.4. The van der Waals surface area contributed by atoms with E-state index in [9.17, 15) is 19.5 Å². The molecule has 3 saturated heterocycles. The number of amides is 3. The van der Waals surface area contributed by atoms with Crippen LogP contribution in [0.15, 0.2) is 79.9 Å². The third kappa shape index (κ3) is 6.53. The third-order valence-electron chi connectivity index (χ3n) is 9.45. The van der Waals surface area contributed by atoms with E-state index >= 15 is 0 Å².